The molecule has 0 aromatic carbocycles. The van der Waals surface area contributed by atoms with Gasteiger partial charge in [-0.05, 0) is 49.0 Å². The lowest BCUT2D eigenvalue weighted by molar-refractivity contribution is -0.145. The van der Waals surface area contributed by atoms with Crippen LogP contribution in [0.3, 0.4) is 0 Å². The summed E-state index contributed by atoms with van der Waals surface area (Å²) < 4.78 is 5.41. The van der Waals surface area contributed by atoms with Crippen molar-refractivity contribution in [3.63, 3.8) is 0 Å². The van der Waals surface area contributed by atoms with E-state index in [2.05, 4.69) is 39.0 Å². The molecule has 2 aliphatic rings. The van der Waals surface area contributed by atoms with Gasteiger partial charge in [-0.2, -0.15) is 0 Å². The molecule has 2 heteroatoms. The summed E-state index contributed by atoms with van der Waals surface area (Å²) in [6.45, 7) is 8.21. The van der Waals surface area contributed by atoms with Crippen LogP contribution in [0.4, 0.5) is 0 Å². The van der Waals surface area contributed by atoms with E-state index < -0.39 is 0 Å². The average molecular weight is 248 g/mol. The molecule has 0 bridgehead atoms. The highest BCUT2D eigenvalue weighted by atomic mass is 16.5. The van der Waals surface area contributed by atoms with Crippen molar-refractivity contribution in [1.82, 2.24) is 0 Å². The zero-order valence-corrected chi connectivity index (χ0v) is 11.8. The Morgan fingerprint density at radius 2 is 2.17 bits per heavy atom. The second kappa shape index (κ2) is 5.29. The number of hydrogen-bond donors (Lipinski definition) is 0. The number of esters is 1. The van der Waals surface area contributed by atoms with E-state index in [0.29, 0.717) is 17.8 Å². The Morgan fingerprint density at radius 3 is 2.78 bits per heavy atom. The maximum absolute atomic E-state index is 11.1. The van der Waals surface area contributed by atoms with Crippen LogP contribution in [-0.2, 0) is 9.53 Å². The van der Waals surface area contributed by atoms with E-state index in [1.54, 1.807) is 0 Å². The van der Waals surface area contributed by atoms with Gasteiger partial charge in [0.05, 0.1) is 0 Å². The molecule has 0 unspecified atom stereocenters. The summed E-state index contributed by atoms with van der Waals surface area (Å²) in [5.74, 6) is 2.43. The molecular weight excluding hydrogens is 224 g/mol. The molecule has 0 aromatic heterocycles. The molecule has 18 heavy (non-hydrogen) atoms. The van der Waals surface area contributed by atoms with Gasteiger partial charge in [0.1, 0.15) is 6.10 Å². The molecule has 2 nitrogen and oxygen atoms in total. The monoisotopic (exact) mass is 248 g/mol. The summed E-state index contributed by atoms with van der Waals surface area (Å²) in [4.78, 5) is 11.1. The van der Waals surface area contributed by atoms with Gasteiger partial charge in [0.2, 0.25) is 0 Å². The van der Waals surface area contributed by atoms with Gasteiger partial charge in [0.25, 0.3) is 0 Å². The molecule has 0 saturated heterocycles. The van der Waals surface area contributed by atoms with E-state index in [0.717, 1.165) is 12.3 Å². The number of allylic oxidation sites excluding steroid dienone is 3. The summed E-state index contributed by atoms with van der Waals surface area (Å²) in [5.41, 5.74) is 1.23. The van der Waals surface area contributed by atoms with Crippen molar-refractivity contribution in [2.75, 3.05) is 0 Å². The topological polar surface area (TPSA) is 26.3 Å². The Balaban J connectivity index is 2.19. The SMILES string of the molecule is CC(=O)O[C@@H]1C[C@H]2C=CC[C@H](C(C)C)[C@H]2C=C1C. The predicted molar refractivity (Wildman–Crippen MR) is 73.0 cm³/mol. The van der Waals surface area contributed by atoms with E-state index in [4.69, 9.17) is 4.74 Å². The molecule has 0 saturated carbocycles. The van der Waals surface area contributed by atoms with Crippen molar-refractivity contribution >= 4 is 5.97 Å². The maximum atomic E-state index is 11.1. The number of hydrogen-bond acceptors (Lipinski definition) is 2. The van der Waals surface area contributed by atoms with Crippen molar-refractivity contribution in [3.05, 3.63) is 23.8 Å². The molecule has 0 heterocycles. The zero-order valence-electron chi connectivity index (χ0n) is 11.8. The van der Waals surface area contributed by atoms with E-state index in [-0.39, 0.29) is 12.1 Å². The Bertz CT molecular complexity index is 379. The molecule has 0 N–H and O–H groups in total. The molecule has 2 rings (SSSR count). The second-order valence-corrected chi connectivity index (χ2v) is 6.06. The zero-order chi connectivity index (χ0) is 13.3. The highest BCUT2D eigenvalue weighted by molar-refractivity contribution is 5.66. The van der Waals surface area contributed by atoms with Crippen molar-refractivity contribution in [1.29, 1.82) is 0 Å². The first kappa shape index (κ1) is 13.4. The minimum absolute atomic E-state index is 0.0145. The van der Waals surface area contributed by atoms with Gasteiger partial charge in [-0.1, -0.05) is 32.1 Å². The lowest BCUT2D eigenvalue weighted by atomic mass is 9.66. The van der Waals surface area contributed by atoms with Crippen LogP contribution in [0, 0.1) is 23.7 Å². The molecule has 0 spiro atoms. The third-order valence-corrected chi connectivity index (χ3v) is 4.39. The van der Waals surface area contributed by atoms with Crippen LogP contribution in [0.5, 0.6) is 0 Å². The lowest BCUT2D eigenvalue weighted by Gasteiger charge is -2.40. The molecular formula is C16H24O2. The third-order valence-electron chi connectivity index (χ3n) is 4.39. The summed E-state index contributed by atoms with van der Waals surface area (Å²) in [6, 6.07) is 0. The molecule has 0 amide bonds. The minimum atomic E-state index is -0.175. The summed E-state index contributed by atoms with van der Waals surface area (Å²) in [6.07, 6.45) is 9.11. The number of ether oxygens (including phenoxy) is 1. The van der Waals surface area contributed by atoms with Crippen LogP contribution in [0.15, 0.2) is 23.8 Å². The van der Waals surface area contributed by atoms with E-state index in [9.17, 15) is 4.79 Å². The van der Waals surface area contributed by atoms with Gasteiger partial charge in [-0.15, -0.1) is 0 Å². The fraction of sp³-hybridized carbons (Fsp3) is 0.688. The lowest BCUT2D eigenvalue weighted by Crippen LogP contribution is -2.35. The highest BCUT2D eigenvalue weighted by Crippen LogP contribution is 2.42. The number of carbonyl (C=O) groups is 1. The molecule has 100 valence electrons. The Hall–Kier alpha value is -1.05. The highest BCUT2D eigenvalue weighted by Gasteiger charge is 2.36. The smallest absolute Gasteiger partial charge is 0.303 e. The van der Waals surface area contributed by atoms with Crippen molar-refractivity contribution in [2.24, 2.45) is 23.7 Å². The van der Waals surface area contributed by atoms with Crippen LogP contribution >= 0.6 is 0 Å². The summed E-state index contributed by atoms with van der Waals surface area (Å²) in [7, 11) is 0. The van der Waals surface area contributed by atoms with Crippen LogP contribution in [0.2, 0.25) is 0 Å². The van der Waals surface area contributed by atoms with Gasteiger partial charge in [0, 0.05) is 6.92 Å². The fourth-order valence-electron chi connectivity index (χ4n) is 3.40. The van der Waals surface area contributed by atoms with Crippen LogP contribution < -0.4 is 0 Å². The molecule has 0 radical (unpaired) electrons. The van der Waals surface area contributed by atoms with Crippen LogP contribution in [0.1, 0.15) is 40.5 Å². The summed E-state index contributed by atoms with van der Waals surface area (Å²) in [5, 5.41) is 0. The Morgan fingerprint density at radius 1 is 1.44 bits per heavy atom. The standard InChI is InChI=1S/C16H24O2/c1-10(2)14-7-5-6-13-9-16(18-12(4)17)11(3)8-15(13)14/h5-6,8,10,13-16H,7,9H2,1-4H3/t13-,14-,15+,16-/m1/s1. The Labute approximate surface area is 110 Å². The molecule has 4 atom stereocenters. The van der Waals surface area contributed by atoms with E-state index in [1.165, 1.54) is 18.9 Å². The van der Waals surface area contributed by atoms with Gasteiger partial charge >= 0.3 is 5.97 Å². The number of carbonyl (C=O) groups excluding carboxylic acids is 1. The van der Waals surface area contributed by atoms with Crippen molar-refractivity contribution in [2.45, 2.75) is 46.6 Å². The molecule has 0 fully saturated rings. The van der Waals surface area contributed by atoms with Gasteiger partial charge < -0.3 is 4.74 Å². The molecule has 0 aromatic rings. The first-order valence-corrected chi connectivity index (χ1v) is 7.01. The molecule has 0 aliphatic heterocycles. The van der Waals surface area contributed by atoms with Crippen molar-refractivity contribution < 1.29 is 9.53 Å². The van der Waals surface area contributed by atoms with Crippen LogP contribution in [0.25, 0.3) is 0 Å². The van der Waals surface area contributed by atoms with Gasteiger partial charge in [0.15, 0.2) is 0 Å². The first-order valence-electron chi connectivity index (χ1n) is 7.01. The minimum Gasteiger partial charge on any atom is -0.458 e. The van der Waals surface area contributed by atoms with E-state index >= 15 is 0 Å². The van der Waals surface area contributed by atoms with Gasteiger partial charge in [-0.3, -0.25) is 4.79 Å². The average Bonchev–Trinajstić information content (AvgIpc) is 2.28. The fourth-order valence-corrected chi connectivity index (χ4v) is 3.40. The maximum Gasteiger partial charge on any atom is 0.303 e. The quantitative estimate of drug-likeness (QED) is 0.550. The normalized spacial score (nSPS) is 35.1. The third kappa shape index (κ3) is 2.68. The predicted octanol–water partition coefficient (Wildman–Crippen LogP) is 3.73. The molecule has 2 aliphatic carbocycles. The Kier molecular flexibility index (Phi) is 3.94. The van der Waals surface area contributed by atoms with Crippen LogP contribution in [-0.4, -0.2) is 12.1 Å². The summed E-state index contributed by atoms with van der Waals surface area (Å²) >= 11 is 0. The van der Waals surface area contributed by atoms with E-state index in [1.807, 2.05) is 0 Å². The number of rotatable bonds is 2. The number of fused-ring (bicyclic) bond motifs is 1. The van der Waals surface area contributed by atoms with Crippen molar-refractivity contribution in [3.8, 4) is 0 Å². The van der Waals surface area contributed by atoms with Gasteiger partial charge in [-0.25, -0.2) is 0 Å². The largest absolute Gasteiger partial charge is 0.458 e. The second-order valence-electron chi connectivity index (χ2n) is 6.06. The first-order chi connectivity index (χ1) is 8.49.